The first kappa shape index (κ1) is 7.55. The molecule has 1 aromatic rings. The fraction of sp³-hybridized carbons (Fsp3) is 0.200. The molecule has 14 heavy (non-hydrogen) atoms. The van der Waals surface area contributed by atoms with E-state index in [1.165, 1.54) is 5.56 Å². The van der Waals surface area contributed by atoms with E-state index in [1.54, 1.807) is 0 Å². The summed E-state index contributed by atoms with van der Waals surface area (Å²) in [7, 11) is 0. The SMILES string of the molecule is O=[N+]1NCN2c3ccccc3C=CC21. The molecular weight excluding hydrogens is 178 g/mol. The monoisotopic (exact) mass is 188 g/mol. The molecule has 0 spiro atoms. The van der Waals surface area contributed by atoms with E-state index in [2.05, 4.69) is 11.5 Å². The number of rotatable bonds is 0. The van der Waals surface area contributed by atoms with Crippen molar-refractivity contribution in [1.82, 2.24) is 5.43 Å². The maximum Gasteiger partial charge on any atom is 0.329 e. The molecule has 1 unspecified atom stereocenters. The van der Waals surface area contributed by atoms with Crippen molar-refractivity contribution >= 4 is 11.8 Å². The van der Waals surface area contributed by atoms with Crippen LogP contribution in [0.3, 0.4) is 0 Å². The minimum atomic E-state index is -0.190. The molecule has 1 N–H and O–H groups in total. The van der Waals surface area contributed by atoms with E-state index in [1.807, 2.05) is 35.3 Å². The predicted molar refractivity (Wildman–Crippen MR) is 53.4 cm³/mol. The number of fused-ring (bicyclic) bond motifs is 3. The Balaban J connectivity index is 2.13. The zero-order valence-corrected chi connectivity index (χ0v) is 7.55. The van der Waals surface area contributed by atoms with Crippen LogP contribution in [0.1, 0.15) is 5.56 Å². The van der Waals surface area contributed by atoms with Gasteiger partial charge in [-0.15, -0.1) is 5.43 Å². The van der Waals surface area contributed by atoms with E-state index in [0.717, 1.165) is 10.6 Å². The van der Waals surface area contributed by atoms with Crippen LogP contribution in [0.25, 0.3) is 6.08 Å². The third kappa shape index (κ3) is 0.878. The molecule has 1 fully saturated rings. The average molecular weight is 188 g/mol. The Morgan fingerprint density at radius 2 is 2.29 bits per heavy atom. The quantitative estimate of drug-likeness (QED) is 0.619. The lowest BCUT2D eigenvalue weighted by Crippen LogP contribution is -2.33. The molecule has 0 bridgehead atoms. The van der Waals surface area contributed by atoms with Crippen LogP contribution in [0.5, 0.6) is 0 Å². The highest BCUT2D eigenvalue weighted by Gasteiger charge is 2.40. The van der Waals surface area contributed by atoms with Crippen molar-refractivity contribution in [3.05, 3.63) is 40.8 Å². The van der Waals surface area contributed by atoms with Crippen LogP contribution in [0.15, 0.2) is 30.3 Å². The molecule has 0 aliphatic carbocycles. The van der Waals surface area contributed by atoms with Crippen molar-refractivity contribution in [1.29, 1.82) is 0 Å². The van der Waals surface area contributed by atoms with Gasteiger partial charge in [-0.3, -0.25) is 4.90 Å². The molecule has 4 nitrogen and oxygen atoms in total. The summed E-state index contributed by atoms with van der Waals surface area (Å²) in [5, 5.41) is 0. The molecule has 0 saturated carbocycles. The fourth-order valence-electron chi connectivity index (χ4n) is 1.95. The summed E-state index contributed by atoms with van der Waals surface area (Å²) in [4.78, 5) is 14.3. The van der Waals surface area contributed by atoms with E-state index in [-0.39, 0.29) is 6.17 Å². The Bertz CT molecular complexity index is 427. The van der Waals surface area contributed by atoms with Crippen LogP contribution in [0, 0.1) is 4.91 Å². The first-order valence-corrected chi connectivity index (χ1v) is 4.60. The van der Waals surface area contributed by atoms with Gasteiger partial charge < -0.3 is 0 Å². The Hall–Kier alpha value is -1.84. The molecule has 1 aromatic carbocycles. The Labute approximate surface area is 81.4 Å². The summed E-state index contributed by atoms with van der Waals surface area (Å²) in [6, 6.07) is 8.08. The van der Waals surface area contributed by atoms with Crippen LogP contribution >= 0.6 is 0 Å². The average Bonchev–Trinajstić information content (AvgIpc) is 2.61. The van der Waals surface area contributed by atoms with Gasteiger partial charge in [0.15, 0.2) is 6.67 Å². The third-order valence-electron chi connectivity index (χ3n) is 2.65. The third-order valence-corrected chi connectivity index (χ3v) is 2.65. The lowest BCUT2D eigenvalue weighted by atomic mass is 10.1. The zero-order valence-electron chi connectivity index (χ0n) is 7.55. The largest absolute Gasteiger partial charge is 0.329 e. The molecule has 2 aliphatic rings. The molecule has 1 saturated heterocycles. The number of nitroso groups, excluding NO2 is 1. The zero-order chi connectivity index (χ0) is 9.54. The van der Waals surface area contributed by atoms with Gasteiger partial charge >= 0.3 is 6.17 Å². The van der Waals surface area contributed by atoms with Gasteiger partial charge in [0, 0.05) is 6.08 Å². The van der Waals surface area contributed by atoms with Crippen LogP contribution < -0.4 is 10.3 Å². The molecule has 1 atom stereocenters. The number of hydrazine groups is 1. The van der Waals surface area contributed by atoms with Crippen molar-refractivity contribution in [3.8, 4) is 0 Å². The molecule has 0 aromatic heterocycles. The van der Waals surface area contributed by atoms with Gasteiger partial charge in [0.05, 0.1) is 10.6 Å². The smallest absolute Gasteiger partial charge is 0.281 e. The summed E-state index contributed by atoms with van der Waals surface area (Å²) in [5.74, 6) is 0. The molecular formula is C10H10N3O+. The van der Waals surface area contributed by atoms with Gasteiger partial charge in [0.2, 0.25) is 0 Å². The molecule has 4 heteroatoms. The standard InChI is InChI=1S/C10H10N3O/c14-13-10-6-5-8-3-1-2-4-9(8)12(10)7-11-13/h1-6,10H,7H2,(H,11,14)/q+1. The van der Waals surface area contributed by atoms with E-state index >= 15 is 0 Å². The number of benzene rings is 1. The second-order valence-corrected chi connectivity index (χ2v) is 3.44. The van der Waals surface area contributed by atoms with Crippen molar-refractivity contribution < 1.29 is 4.87 Å². The maximum absolute atomic E-state index is 11.3. The topological polar surface area (TPSA) is 35.4 Å². The van der Waals surface area contributed by atoms with Gasteiger partial charge in [-0.25, -0.2) is 0 Å². The minimum Gasteiger partial charge on any atom is -0.281 e. The van der Waals surface area contributed by atoms with Gasteiger partial charge in [0.1, 0.15) is 4.87 Å². The fourth-order valence-corrected chi connectivity index (χ4v) is 1.95. The van der Waals surface area contributed by atoms with Crippen LogP contribution in [0.2, 0.25) is 0 Å². The highest BCUT2D eigenvalue weighted by molar-refractivity contribution is 5.71. The van der Waals surface area contributed by atoms with Crippen molar-refractivity contribution in [2.24, 2.45) is 0 Å². The van der Waals surface area contributed by atoms with E-state index in [0.29, 0.717) is 6.67 Å². The second kappa shape index (κ2) is 2.57. The summed E-state index contributed by atoms with van der Waals surface area (Å²) < 4.78 is 0. The first-order valence-electron chi connectivity index (χ1n) is 4.60. The number of anilines is 1. The highest BCUT2D eigenvalue weighted by Crippen LogP contribution is 2.29. The van der Waals surface area contributed by atoms with Gasteiger partial charge in [-0.05, 0) is 17.7 Å². The van der Waals surface area contributed by atoms with Crippen LogP contribution in [-0.2, 0) is 0 Å². The minimum absolute atomic E-state index is 0.190. The Kier molecular flexibility index (Phi) is 1.39. The molecule has 70 valence electrons. The number of nitrogens with zero attached hydrogens (tertiary/aromatic N) is 2. The summed E-state index contributed by atoms with van der Waals surface area (Å²) in [6.45, 7) is 0.579. The number of para-hydroxylation sites is 1. The lowest BCUT2D eigenvalue weighted by Gasteiger charge is -2.21. The van der Waals surface area contributed by atoms with Gasteiger partial charge in [-0.2, -0.15) is 0 Å². The lowest BCUT2D eigenvalue weighted by molar-refractivity contribution is -0.608. The Morgan fingerprint density at radius 1 is 1.43 bits per heavy atom. The molecule has 3 rings (SSSR count). The number of hydrogen-bond acceptors (Lipinski definition) is 2. The molecule has 2 heterocycles. The van der Waals surface area contributed by atoms with Crippen molar-refractivity contribution in [2.45, 2.75) is 6.17 Å². The number of hydrogen-bond donors (Lipinski definition) is 1. The predicted octanol–water partition coefficient (Wildman–Crippen LogP) is 1.10. The highest BCUT2D eigenvalue weighted by atomic mass is 16.3. The van der Waals surface area contributed by atoms with Gasteiger partial charge in [-0.1, -0.05) is 18.2 Å². The van der Waals surface area contributed by atoms with E-state index in [4.69, 9.17) is 0 Å². The van der Waals surface area contributed by atoms with Crippen LogP contribution in [-0.4, -0.2) is 17.7 Å². The van der Waals surface area contributed by atoms with Crippen molar-refractivity contribution in [2.75, 3.05) is 11.6 Å². The first-order chi connectivity index (χ1) is 6.86. The van der Waals surface area contributed by atoms with Gasteiger partial charge in [0.25, 0.3) is 0 Å². The second-order valence-electron chi connectivity index (χ2n) is 3.44. The van der Waals surface area contributed by atoms with E-state index < -0.39 is 0 Å². The summed E-state index contributed by atoms with van der Waals surface area (Å²) in [5.41, 5.74) is 5.04. The summed E-state index contributed by atoms with van der Waals surface area (Å²) in [6.07, 6.45) is 3.72. The van der Waals surface area contributed by atoms with Crippen molar-refractivity contribution in [3.63, 3.8) is 0 Å². The van der Waals surface area contributed by atoms with E-state index in [9.17, 15) is 4.91 Å². The summed E-state index contributed by atoms with van der Waals surface area (Å²) >= 11 is 0. The van der Waals surface area contributed by atoms with Crippen LogP contribution in [0.4, 0.5) is 5.69 Å². The molecule has 0 amide bonds. The normalized spacial score (nSPS) is 23.0. The molecule has 2 aliphatic heterocycles. The maximum atomic E-state index is 11.3. The molecule has 0 radical (unpaired) electrons. The Morgan fingerprint density at radius 3 is 3.21 bits per heavy atom. The number of nitrogens with one attached hydrogen (secondary N) is 1.